The maximum Gasteiger partial charge on any atom is 0.313 e. The first-order valence-electron chi connectivity index (χ1n) is 7.03. The van der Waals surface area contributed by atoms with Crippen LogP contribution in [0.25, 0.3) is 0 Å². The van der Waals surface area contributed by atoms with E-state index in [9.17, 15) is 22.8 Å². The molecule has 2 atom stereocenters. The van der Waals surface area contributed by atoms with E-state index in [0.717, 1.165) is 12.5 Å². The highest BCUT2D eigenvalue weighted by Crippen LogP contribution is 2.22. The summed E-state index contributed by atoms with van der Waals surface area (Å²) in [6, 6.07) is 1.56. The number of nitrogens with zero attached hydrogens (tertiary/aromatic N) is 1. The Balaban J connectivity index is 2.09. The first-order chi connectivity index (χ1) is 10.3. The van der Waals surface area contributed by atoms with Gasteiger partial charge in [-0.1, -0.05) is 13.8 Å². The second kappa shape index (κ2) is 6.37. The average molecular weight is 314 g/mol. The summed E-state index contributed by atoms with van der Waals surface area (Å²) < 4.78 is 39.4. The van der Waals surface area contributed by atoms with Gasteiger partial charge >= 0.3 is 11.8 Å². The molecule has 2 amide bonds. The molecule has 1 aliphatic rings. The number of hydrogen-bond acceptors (Lipinski definition) is 2. The number of hydrogen-bond donors (Lipinski definition) is 1. The van der Waals surface area contributed by atoms with Crippen molar-refractivity contribution >= 4 is 17.5 Å². The van der Waals surface area contributed by atoms with Crippen molar-refractivity contribution in [1.82, 2.24) is 4.90 Å². The number of piperidine rings is 1. The lowest BCUT2D eigenvalue weighted by Gasteiger charge is -2.34. The van der Waals surface area contributed by atoms with Crippen molar-refractivity contribution < 1.29 is 22.8 Å². The number of likely N-dealkylation sites (tertiary alicyclic amines) is 1. The van der Waals surface area contributed by atoms with Crippen LogP contribution in [0.4, 0.5) is 18.9 Å². The molecule has 0 spiro atoms. The Hall–Kier alpha value is -2.05. The summed E-state index contributed by atoms with van der Waals surface area (Å²) in [5, 5.41) is 1.99. The van der Waals surface area contributed by atoms with Crippen molar-refractivity contribution in [3.63, 3.8) is 0 Å². The van der Waals surface area contributed by atoms with Gasteiger partial charge in [0.25, 0.3) is 0 Å². The van der Waals surface area contributed by atoms with Crippen LogP contribution in [-0.2, 0) is 9.59 Å². The van der Waals surface area contributed by atoms with Crippen molar-refractivity contribution in [3.8, 4) is 0 Å². The van der Waals surface area contributed by atoms with Gasteiger partial charge in [-0.25, -0.2) is 13.2 Å². The molecule has 4 nitrogen and oxygen atoms in total. The molecule has 0 bridgehead atoms. The summed E-state index contributed by atoms with van der Waals surface area (Å²) in [5.41, 5.74) is -0.560. The second-order valence-electron chi connectivity index (χ2n) is 5.83. The molecule has 1 heterocycles. The van der Waals surface area contributed by atoms with Gasteiger partial charge in [0.05, 0.1) is 5.69 Å². The third kappa shape index (κ3) is 3.40. The van der Waals surface area contributed by atoms with Gasteiger partial charge in [-0.3, -0.25) is 9.59 Å². The first-order valence-corrected chi connectivity index (χ1v) is 7.03. The molecule has 0 radical (unpaired) electrons. The van der Waals surface area contributed by atoms with E-state index in [1.54, 1.807) is 0 Å². The zero-order valence-electron chi connectivity index (χ0n) is 12.3. The molecule has 1 aromatic rings. The van der Waals surface area contributed by atoms with Crippen LogP contribution in [0, 0.1) is 29.3 Å². The number of nitrogens with one attached hydrogen (secondary N) is 1. The molecule has 1 aromatic carbocycles. The molecule has 1 aliphatic heterocycles. The fraction of sp³-hybridized carbons (Fsp3) is 0.467. The molecule has 0 saturated carbocycles. The van der Waals surface area contributed by atoms with Crippen molar-refractivity contribution in [2.75, 3.05) is 18.4 Å². The Kier molecular flexibility index (Phi) is 4.73. The minimum atomic E-state index is -1.69. The van der Waals surface area contributed by atoms with E-state index in [4.69, 9.17) is 0 Å². The number of halogens is 3. The van der Waals surface area contributed by atoms with E-state index in [0.29, 0.717) is 19.2 Å². The van der Waals surface area contributed by atoms with Crippen LogP contribution in [0.3, 0.4) is 0 Å². The summed E-state index contributed by atoms with van der Waals surface area (Å²) >= 11 is 0. The normalized spacial score (nSPS) is 21.6. The molecule has 1 fully saturated rings. The fourth-order valence-corrected chi connectivity index (χ4v) is 2.77. The molecule has 2 rings (SSSR count). The molecular formula is C15H17F3N2O2. The monoisotopic (exact) mass is 314 g/mol. The highest BCUT2D eigenvalue weighted by atomic mass is 19.2. The molecular weight excluding hydrogens is 297 g/mol. The quantitative estimate of drug-likeness (QED) is 0.640. The van der Waals surface area contributed by atoms with Gasteiger partial charge in [-0.2, -0.15) is 0 Å². The first kappa shape index (κ1) is 16.3. The number of carbonyl (C=O) groups excluding carboxylic acids is 2. The van der Waals surface area contributed by atoms with Gasteiger partial charge in [-0.15, -0.1) is 0 Å². The highest BCUT2D eigenvalue weighted by molar-refractivity contribution is 6.39. The fourth-order valence-electron chi connectivity index (χ4n) is 2.77. The molecule has 7 heteroatoms. The predicted molar refractivity (Wildman–Crippen MR) is 74.5 cm³/mol. The molecule has 1 N–H and O–H groups in total. The van der Waals surface area contributed by atoms with Crippen LogP contribution >= 0.6 is 0 Å². The molecule has 120 valence electrons. The third-order valence-electron chi connectivity index (χ3n) is 3.63. The summed E-state index contributed by atoms with van der Waals surface area (Å²) in [6.07, 6.45) is 0.962. The molecule has 22 heavy (non-hydrogen) atoms. The topological polar surface area (TPSA) is 49.4 Å². The van der Waals surface area contributed by atoms with Crippen molar-refractivity contribution in [2.24, 2.45) is 11.8 Å². The van der Waals surface area contributed by atoms with Crippen LogP contribution in [0.15, 0.2) is 12.1 Å². The maximum absolute atomic E-state index is 13.5. The standard InChI is InChI=1S/C15H17F3N2O2/c1-8-5-9(2)7-20(6-8)15(22)14(21)19-11-4-3-10(16)12(17)13(11)18/h3-4,8-9H,5-7H2,1-2H3,(H,19,21). The smallest absolute Gasteiger partial charge is 0.313 e. The number of benzene rings is 1. The van der Waals surface area contributed by atoms with Gasteiger partial charge in [0.2, 0.25) is 0 Å². The lowest BCUT2D eigenvalue weighted by Crippen LogP contribution is -2.47. The molecule has 0 aliphatic carbocycles. The Morgan fingerprint density at radius 2 is 1.68 bits per heavy atom. The molecule has 0 aromatic heterocycles. The van der Waals surface area contributed by atoms with Crippen molar-refractivity contribution in [3.05, 3.63) is 29.6 Å². The van der Waals surface area contributed by atoms with E-state index in [2.05, 4.69) is 0 Å². The SMILES string of the molecule is CC1CC(C)CN(C(=O)C(=O)Nc2ccc(F)c(F)c2F)C1. The maximum atomic E-state index is 13.5. The number of carbonyl (C=O) groups is 2. The van der Waals surface area contributed by atoms with E-state index in [1.165, 1.54) is 4.90 Å². The second-order valence-corrected chi connectivity index (χ2v) is 5.83. The van der Waals surface area contributed by atoms with Gasteiger partial charge in [0, 0.05) is 13.1 Å². The van der Waals surface area contributed by atoms with Crippen LogP contribution in [0.1, 0.15) is 20.3 Å². The minimum absolute atomic E-state index is 0.264. The Bertz CT molecular complexity index is 597. The Labute approximate surface area is 126 Å². The lowest BCUT2D eigenvalue weighted by molar-refractivity contribution is -0.145. The van der Waals surface area contributed by atoms with Gasteiger partial charge < -0.3 is 10.2 Å². The summed E-state index contributed by atoms with van der Waals surface area (Å²) in [5.74, 6) is -5.91. The van der Waals surface area contributed by atoms with Crippen LogP contribution in [0.2, 0.25) is 0 Å². The average Bonchev–Trinajstić information content (AvgIpc) is 2.46. The van der Waals surface area contributed by atoms with Gasteiger partial charge in [0.1, 0.15) is 0 Å². The van der Waals surface area contributed by atoms with E-state index < -0.39 is 35.0 Å². The summed E-state index contributed by atoms with van der Waals surface area (Å²) in [7, 11) is 0. The zero-order chi connectivity index (χ0) is 16.4. The highest BCUT2D eigenvalue weighted by Gasteiger charge is 2.29. The number of anilines is 1. The van der Waals surface area contributed by atoms with Crippen molar-refractivity contribution in [2.45, 2.75) is 20.3 Å². The minimum Gasteiger partial charge on any atom is -0.334 e. The molecule has 2 unspecified atom stereocenters. The number of rotatable bonds is 1. The van der Waals surface area contributed by atoms with E-state index in [-0.39, 0.29) is 11.8 Å². The predicted octanol–water partition coefficient (Wildman–Crippen LogP) is 2.55. The zero-order valence-corrected chi connectivity index (χ0v) is 12.3. The van der Waals surface area contributed by atoms with Gasteiger partial charge in [0.15, 0.2) is 17.5 Å². The van der Waals surface area contributed by atoms with Crippen LogP contribution in [0.5, 0.6) is 0 Å². The van der Waals surface area contributed by atoms with E-state index in [1.807, 2.05) is 19.2 Å². The Morgan fingerprint density at radius 1 is 1.09 bits per heavy atom. The summed E-state index contributed by atoms with van der Waals surface area (Å²) in [4.78, 5) is 25.4. The van der Waals surface area contributed by atoms with Crippen LogP contribution < -0.4 is 5.32 Å². The Morgan fingerprint density at radius 3 is 2.27 bits per heavy atom. The largest absolute Gasteiger partial charge is 0.334 e. The lowest BCUT2D eigenvalue weighted by atomic mass is 9.92. The summed E-state index contributed by atoms with van der Waals surface area (Å²) in [6.45, 7) is 4.83. The van der Waals surface area contributed by atoms with Gasteiger partial charge in [-0.05, 0) is 30.4 Å². The van der Waals surface area contributed by atoms with Crippen LogP contribution in [-0.4, -0.2) is 29.8 Å². The van der Waals surface area contributed by atoms with E-state index >= 15 is 0 Å². The number of amides is 2. The molecule has 1 saturated heterocycles. The third-order valence-corrected chi connectivity index (χ3v) is 3.63. The van der Waals surface area contributed by atoms with Crippen molar-refractivity contribution in [1.29, 1.82) is 0 Å².